The highest BCUT2D eigenvalue weighted by atomic mass is 19.4. The topological polar surface area (TPSA) is 12.0 Å². The van der Waals surface area contributed by atoms with Crippen molar-refractivity contribution in [1.82, 2.24) is 5.32 Å². The first-order valence-electron chi connectivity index (χ1n) is 7.47. The van der Waals surface area contributed by atoms with Crippen molar-refractivity contribution in [2.45, 2.75) is 46.7 Å². The largest absolute Gasteiger partial charge is 0.416 e. The second-order valence-electron chi connectivity index (χ2n) is 6.88. The van der Waals surface area contributed by atoms with Crippen molar-refractivity contribution in [3.05, 3.63) is 35.4 Å². The fourth-order valence-corrected chi connectivity index (χ4v) is 2.27. The molecular formula is C17H26F3N. The van der Waals surface area contributed by atoms with Crippen molar-refractivity contribution in [3.63, 3.8) is 0 Å². The van der Waals surface area contributed by atoms with E-state index in [0.29, 0.717) is 5.92 Å². The molecule has 1 aromatic carbocycles. The van der Waals surface area contributed by atoms with Crippen molar-refractivity contribution < 1.29 is 13.2 Å². The molecule has 1 nitrogen and oxygen atoms in total. The molecule has 0 unspecified atom stereocenters. The summed E-state index contributed by atoms with van der Waals surface area (Å²) in [6.07, 6.45) is -2.47. The average Bonchev–Trinajstić information content (AvgIpc) is 2.33. The van der Waals surface area contributed by atoms with E-state index in [1.54, 1.807) is 12.1 Å². The third kappa shape index (κ3) is 6.98. The van der Waals surface area contributed by atoms with Crippen LogP contribution in [0.3, 0.4) is 0 Å². The summed E-state index contributed by atoms with van der Waals surface area (Å²) in [5.41, 5.74) is 0.448. The summed E-state index contributed by atoms with van der Waals surface area (Å²) < 4.78 is 37.6. The van der Waals surface area contributed by atoms with E-state index in [1.807, 2.05) is 0 Å². The summed E-state index contributed by atoms with van der Waals surface area (Å²) in [6.45, 7) is 10.6. The van der Waals surface area contributed by atoms with E-state index in [-0.39, 0.29) is 5.41 Å². The highest BCUT2D eigenvalue weighted by Gasteiger charge is 2.30. The van der Waals surface area contributed by atoms with Crippen molar-refractivity contribution >= 4 is 0 Å². The molecule has 0 saturated carbocycles. The summed E-state index contributed by atoms with van der Waals surface area (Å²) in [6, 6.07) is 5.52. The van der Waals surface area contributed by atoms with Gasteiger partial charge in [0.1, 0.15) is 0 Å². The van der Waals surface area contributed by atoms with Gasteiger partial charge in [-0.25, -0.2) is 0 Å². The molecule has 1 N–H and O–H groups in total. The van der Waals surface area contributed by atoms with Gasteiger partial charge < -0.3 is 5.32 Å². The monoisotopic (exact) mass is 301 g/mol. The van der Waals surface area contributed by atoms with Gasteiger partial charge in [0.25, 0.3) is 0 Å². The molecule has 0 aliphatic carbocycles. The van der Waals surface area contributed by atoms with Gasteiger partial charge in [0.2, 0.25) is 0 Å². The Kier molecular flexibility index (Phi) is 6.26. The van der Waals surface area contributed by atoms with Crippen LogP contribution >= 0.6 is 0 Å². The Balaban J connectivity index is 2.51. The number of hydrogen-bond acceptors (Lipinski definition) is 1. The number of benzene rings is 1. The Morgan fingerprint density at radius 3 is 2.10 bits per heavy atom. The molecule has 0 aromatic heterocycles. The molecule has 0 fully saturated rings. The van der Waals surface area contributed by atoms with Gasteiger partial charge >= 0.3 is 6.18 Å². The molecule has 0 aliphatic heterocycles. The van der Waals surface area contributed by atoms with E-state index in [1.165, 1.54) is 12.1 Å². The maximum atomic E-state index is 12.5. The number of halogens is 3. The van der Waals surface area contributed by atoms with Crippen LogP contribution in [0.5, 0.6) is 0 Å². The van der Waals surface area contributed by atoms with E-state index >= 15 is 0 Å². The van der Waals surface area contributed by atoms with Gasteiger partial charge in [-0.2, -0.15) is 13.2 Å². The molecule has 4 heteroatoms. The third-order valence-electron chi connectivity index (χ3n) is 3.50. The minimum atomic E-state index is -4.26. The summed E-state index contributed by atoms with van der Waals surface area (Å²) in [4.78, 5) is 0. The minimum Gasteiger partial charge on any atom is -0.316 e. The molecule has 0 saturated heterocycles. The van der Waals surface area contributed by atoms with Crippen molar-refractivity contribution in [1.29, 1.82) is 0 Å². The van der Waals surface area contributed by atoms with Crippen LogP contribution in [0.2, 0.25) is 0 Å². The van der Waals surface area contributed by atoms with Gasteiger partial charge in [-0.15, -0.1) is 0 Å². The lowest BCUT2D eigenvalue weighted by atomic mass is 9.82. The zero-order valence-electron chi connectivity index (χ0n) is 13.3. The Labute approximate surface area is 125 Å². The van der Waals surface area contributed by atoms with Gasteiger partial charge in [0.05, 0.1) is 5.56 Å². The van der Waals surface area contributed by atoms with Crippen LogP contribution in [0, 0.1) is 11.3 Å². The predicted molar refractivity (Wildman–Crippen MR) is 81.3 cm³/mol. The standard InChI is InChI=1S/C17H26F3N/c1-13(2)12-21-10-9-16(3,4)11-14-5-7-15(8-6-14)17(18,19)20/h5-8,13,21H,9-12H2,1-4H3. The molecule has 1 rings (SSSR count). The normalized spacial score (nSPS) is 13.0. The number of rotatable bonds is 7. The lowest BCUT2D eigenvalue weighted by Gasteiger charge is -2.25. The first-order chi connectivity index (χ1) is 9.60. The molecule has 0 spiro atoms. The Hall–Kier alpha value is -1.03. The molecule has 0 heterocycles. The smallest absolute Gasteiger partial charge is 0.316 e. The van der Waals surface area contributed by atoms with Crippen molar-refractivity contribution in [2.24, 2.45) is 11.3 Å². The zero-order valence-corrected chi connectivity index (χ0v) is 13.3. The lowest BCUT2D eigenvalue weighted by Crippen LogP contribution is -2.26. The van der Waals surface area contributed by atoms with Crippen LogP contribution in [-0.4, -0.2) is 13.1 Å². The molecule has 0 amide bonds. The van der Waals surface area contributed by atoms with E-state index < -0.39 is 11.7 Å². The van der Waals surface area contributed by atoms with Crippen molar-refractivity contribution in [2.75, 3.05) is 13.1 Å². The van der Waals surface area contributed by atoms with Crippen LogP contribution in [0.15, 0.2) is 24.3 Å². The SMILES string of the molecule is CC(C)CNCCC(C)(C)Cc1ccc(C(F)(F)F)cc1. The molecule has 120 valence electrons. The van der Waals surface area contributed by atoms with Crippen LogP contribution in [-0.2, 0) is 12.6 Å². The van der Waals surface area contributed by atoms with E-state index in [2.05, 4.69) is 33.0 Å². The van der Waals surface area contributed by atoms with E-state index in [0.717, 1.165) is 31.5 Å². The molecule has 21 heavy (non-hydrogen) atoms. The molecule has 0 aliphatic rings. The first kappa shape index (κ1) is 18.0. The van der Waals surface area contributed by atoms with E-state index in [4.69, 9.17) is 0 Å². The van der Waals surface area contributed by atoms with Gasteiger partial charge in [-0.1, -0.05) is 39.8 Å². The van der Waals surface area contributed by atoms with Gasteiger partial charge in [0, 0.05) is 0 Å². The average molecular weight is 301 g/mol. The van der Waals surface area contributed by atoms with Gasteiger partial charge in [0.15, 0.2) is 0 Å². The highest BCUT2D eigenvalue weighted by molar-refractivity contribution is 5.25. The Morgan fingerprint density at radius 1 is 1.05 bits per heavy atom. The summed E-state index contributed by atoms with van der Waals surface area (Å²) >= 11 is 0. The summed E-state index contributed by atoms with van der Waals surface area (Å²) in [7, 11) is 0. The molecule has 0 atom stereocenters. The van der Waals surface area contributed by atoms with Crippen LogP contribution in [0.25, 0.3) is 0 Å². The fourth-order valence-electron chi connectivity index (χ4n) is 2.27. The molecule has 1 aromatic rings. The quantitative estimate of drug-likeness (QED) is 0.706. The number of alkyl halides is 3. The third-order valence-corrected chi connectivity index (χ3v) is 3.50. The van der Waals surface area contributed by atoms with E-state index in [9.17, 15) is 13.2 Å². The van der Waals surface area contributed by atoms with Crippen LogP contribution < -0.4 is 5.32 Å². The first-order valence-corrected chi connectivity index (χ1v) is 7.47. The highest BCUT2D eigenvalue weighted by Crippen LogP contribution is 2.31. The predicted octanol–water partition coefficient (Wildman–Crippen LogP) is 4.91. The second kappa shape index (κ2) is 7.30. The van der Waals surface area contributed by atoms with Crippen LogP contribution in [0.4, 0.5) is 13.2 Å². The van der Waals surface area contributed by atoms with Crippen LogP contribution in [0.1, 0.15) is 45.2 Å². The number of hydrogen-bond donors (Lipinski definition) is 1. The molecular weight excluding hydrogens is 275 g/mol. The summed E-state index contributed by atoms with van der Waals surface area (Å²) in [5.74, 6) is 0.628. The van der Waals surface area contributed by atoms with Gasteiger partial charge in [-0.3, -0.25) is 0 Å². The fraction of sp³-hybridized carbons (Fsp3) is 0.647. The van der Waals surface area contributed by atoms with Crippen molar-refractivity contribution in [3.8, 4) is 0 Å². The second-order valence-corrected chi connectivity index (χ2v) is 6.88. The zero-order chi connectivity index (χ0) is 16.1. The molecule has 0 radical (unpaired) electrons. The Morgan fingerprint density at radius 2 is 1.62 bits per heavy atom. The maximum absolute atomic E-state index is 12.5. The maximum Gasteiger partial charge on any atom is 0.416 e. The minimum absolute atomic E-state index is 0.0731. The Bertz CT molecular complexity index is 419. The lowest BCUT2D eigenvalue weighted by molar-refractivity contribution is -0.137. The number of nitrogens with one attached hydrogen (secondary N) is 1. The van der Waals surface area contributed by atoms with Gasteiger partial charge in [-0.05, 0) is 55.0 Å². The molecule has 0 bridgehead atoms. The summed E-state index contributed by atoms with van der Waals surface area (Å²) in [5, 5.41) is 3.41.